The van der Waals surface area contributed by atoms with Crippen LogP contribution >= 0.6 is 23.2 Å². The van der Waals surface area contributed by atoms with Crippen molar-refractivity contribution < 1.29 is 9.72 Å². The number of nitrogens with one attached hydrogen (secondary N) is 3. The summed E-state index contributed by atoms with van der Waals surface area (Å²) in [5, 5.41) is 11.5. The maximum atomic E-state index is 12.0. The highest BCUT2D eigenvalue weighted by molar-refractivity contribution is 6.36. The number of anilines is 2. The van der Waals surface area contributed by atoms with E-state index in [0.717, 1.165) is 6.33 Å². The molecule has 0 atom stereocenters. The highest BCUT2D eigenvalue weighted by Gasteiger charge is 2.23. The Morgan fingerprint density at radius 3 is 2.57 bits per heavy atom. The van der Waals surface area contributed by atoms with Gasteiger partial charge in [-0.1, -0.05) is 23.2 Å². The van der Waals surface area contributed by atoms with E-state index in [9.17, 15) is 14.9 Å². The number of nitro groups is 1. The lowest BCUT2D eigenvalue weighted by Crippen LogP contribution is -2.30. The number of nitrogens with zero attached hydrogens (tertiary/aromatic N) is 3. The van der Waals surface area contributed by atoms with Gasteiger partial charge < -0.3 is 5.43 Å². The van der Waals surface area contributed by atoms with Gasteiger partial charge in [0, 0.05) is 5.02 Å². The lowest BCUT2D eigenvalue weighted by Gasteiger charge is -2.10. The van der Waals surface area contributed by atoms with Crippen molar-refractivity contribution in [3.05, 3.63) is 50.2 Å². The van der Waals surface area contributed by atoms with Crippen molar-refractivity contribution >= 4 is 46.4 Å². The molecule has 0 radical (unpaired) electrons. The van der Waals surface area contributed by atoms with E-state index < -0.39 is 16.5 Å². The van der Waals surface area contributed by atoms with Crippen LogP contribution in [0.25, 0.3) is 0 Å². The van der Waals surface area contributed by atoms with Gasteiger partial charge >= 0.3 is 5.69 Å². The second kappa shape index (κ2) is 7.05. The van der Waals surface area contributed by atoms with Crippen LogP contribution in [0.5, 0.6) is 0 Å². The van der Waals surface area contributed by atoms with Crippen molar-refractivity contribution in [2.24, 2.45) is 5.84 Å². The fourth-order valence-electron chi connectivity index (χ4n) is 1.61. The summed E-state index contributed by atoms with van der Waals surface area (Å²) in [6, 6.07) is 4.27. The topological polar surface area (TPSA) is 148 Å². The van der Waals surface area contributed by atoms with E-state index in [1.165, 1.54) is 18.2 Å². The summed E-state index contributed by atoms with van der Waals surface area (Å²) in [7, 11) is 0. The summed E-state index contributed by atoms with van der Waals surface area (Å²) < 4.78 is 0. The molecule has 1 aromatic heterocycles. The normalized spacial score (nSPS) is 10.0. The van der Waals surface area contributed by atoms with Crippen LogP contribution in [0.4, 0.5) is 17.3 Å². The molecule has 5 N–H and O–H groups in total. The first-order valence-corrected chi connectivity index (χ1v) is 6.67. The van der Waals surface area contributed by atoms with Gasteiger partial charge in [-0.05, 0) is 18.2 Å². The van der Waals surface area contributed by atoms with Crippen molar-refractivity contribution in [3.63, 3.8) is 0 Å². The fourth-order valence-corrected chi connectivity index (χ4v) is 2.10. The number of carbonyl (C=O) groups is 1. The van der Waals surface area contributed by atoms with Crippen LogP contribution in [-0.2, 0) is 0 Å². The Labute approximate surface area is 139 Å². The first-order valence-electron chi connectivity index (χ1n) is 5.91. The Morgan fingerprint density at radius 2 is 1.96 bits per heavy atom. The molecule has 0 bridgehead atoms. The van der Waals surface area contributed by atoms with Gasteiger partial charge in [0.2, 0.25) is 11.6 Å². The maximum Gasteiger partial charge on any atom is 0.356 e. The third kappa shape index (κ3) is 3.74. The van der Waals surface area contributed by atoms with Crippen LogP contribution < -0.4 is 22.1 Å². The van der Waals surface area contributed by atoms with Gasteiger partial charge in [0.05, 0.1) is 15.5 Å². The Hall–Kier alpha value is -2.69. The van der Waals surface area contributed by atoms with Crippen molar-refractivity contribution in [3.8, 4) is 0 Å². The van der Waals surface area contributed by atoms with Crippen LogP contribution in [0.2, 0.25) is 10.0 Å². The van der Waals surface area contributed by atoms with Crippen LogP contribution in [0.3, 0.4) is 0 Å². The number of amides is 1. The van der Waals surface area contributed by atoms with Crippen molar-refractivity contribution in [1.29, 1.82) is 0 Å². The summed E-state index contributed by atoms with van der Waals surface area (Å²) in [6.45, 7) is 0. The summed E-state index contributed by atoms with van der Waals surface area (Å²) in [5.41, 5.74) is 6.24. The average Bonchev–Trinajstić information content (AvgIpc) is 2.51. The minimum Gasteiger partial charge on any atom is -0.303 e. The van der Waals surface area contributed by atoms with E-state index in [1.807, 2.05) is 0 Å². The number of nitrogens with two attached hydrogens (primary N) is 1. The molecule has 1 amide bonds. The highest BCUT2D eigenvalue weighted by Crippen LogP contribution is 2.27. The molecule has 10 nitrogen and oxygen atoms in total. The Bertz CT molecular complexity index is 771. The molecular weight excluding hydrogens is 349 g/mol. The van der Waals surface area contributed by atoms with Crippen molar-refractivity contribution in [2.45, 2.75) is 0 Å². The number of hydrogen-bond donors (Lipinski definition) is 4. The molecule has 2 aromatic rings. The number of hydrogen-bond acceptors (Lipinski definition) is 8. The number of hydrazine groups is 2. The summed E-state index contributed by atoms with van der Waals surface area (Å²) in [4.78, 5) is 29.6. The van der Waals surface area contributed by atoms with Crippen LogP contribution in [0.1, 0.15) is 10.4 Å². The summed E-state index contributed by atoms with van der Waals surface area (Å²) in [6.07, 6.45) is 1.03. The molecule has 0 unspecified atom stereocenters. The minimum atomic E-state index is -0.751. The van der Waals surface area contributed by atoms with Gasteiger partial charge in [0.1, 0.15) is 6.33 Å². The van der Waals surface area contributed by atoms with Crippen LogP contribution in [0.15, 0.2) is 24.5 Å². The molecule has 120 valence electrons. The van der Waals surface area contributed by atoms with Crippen molar-refractivity contribution in [1.82, 2.24) is 15.4 Å². The molecule has 0 saturated heterocycles. The van der Waals surface area contributed by atoms with Crippen molar-refractivity contribution in [2.75, 3.05) is 10.9 Å². The van der Waals surface area contributed by atoms with Crippen LogP contribution in [-0.4, -0.2) is 20.8 Å². The van der Waals surface area contributed by atoms with Gasteiger partial charge in [-0.15, -0.1) is 0 Å². The van der Waals surface area contributed by atoms with E-state index in [1.54, 1.807) is 0 Å². The van der Waals surface area contributed by atoms with E-state index >= 15 is 0 Å². The molecular formula is C11H9Cl2N7O3. The number of nitrogen functional groups attached to an aromatic ring is 1. The zero-order valence-electron chi connectivity index (χ0n) is 11.2. The number of halogens is 2. The SMILES string of the molecule is NNc1ncnc(NNC(=O)c2ccc(Cl)cc2Cl)c1[N+](=O)[O-]. The molecule has 1 aromatic carbocycles. The smallest absolute Gasteiger partial charge is 0.303 e. The fraction of sp³-hybridized carbons (Fsp3) is 0. The standard InChI is InChI=1S/C11H9Cl2N7O3/c12-5-1-2-6(7(13)3-5)11(21)19-18-10-8(20(22)23)9(17-14)15-4-16-10/h1-4H,14H2,(H,19,21)(H2,15,16,17,18). The molecule has 0 saturated carbocycles. The van der Waals surface area contributed by atoms with Gasteiger partial charge in [0.15, 0.2) is 0 Å². The zero-order chi connectivity index (χ0) is 17.0. The first-order chi connectivity index (χ1) is 10.9. The maximum absolute atomic E-state index is 12.0. The third-order valence-electron chi connectivity index (χ3n) is 2.61. The summed E-state index contributed by atoms with van der Waals surface area (Å²) >= 11 is 11.6. The number of aromatic nitrogens is 2. The zero-order valence-corrected chi connectivity index (χ0v) is 12.7. The Morgan fingerprint density at radius 1 is 1.26 bits per heavy atom. The largest absolute Gasteiger partial charge is 0.356 e. The van der Waals surface area contributed by atoms with E-state index in [2.05, 4.69) is 26.2 Å². The number of carbonyl (C=O) groups excluding carboxylic acids is 1. The molecule has 0 spiro atoms. The molecule has 12 heteroatoms. The molecule has 23 heavy (non-hydrogen) atoms. The predicted octanol–water partition coefficient (Wildman–Crippen LogP) is 1.73. The van der Waals surface area contributed by atoms with E-state index in [4.69, 9.17) is 29.0 Å². The number of rotatable bonds is 5. The lowest BCUT2D eigenvalue weighted by molar-refractivity contribution is -0.383. The molecule has 1 heterocycles. The quantitative estimate of drug-likeness (QED) is 0.359. The molecule has 0 aliphatic heterocycles. The second-order valence-electron chi connectivity index (χ2n) is 4.02. The van der Waals surface area contributed by atoms with Gasteiger partial charge in [0.25, 0.3) is 5.91 Å². The second-order valence-corrected chi connectivity index (χ2v) is 4.87. The monoisotopic (exact) mass is 357 g/mol. The Balaban J connectivity index is 2.21. The minimum absolute atomic E-state index is 0.123. The average molecular weight is 358 g/mol. The predicted molar refractivity (Wildman–Crippen MR) is 84.0 cm³/mol. The molecule has 0 aliphatic carbocycles. The van der Waals surface area contributed by atoms with E-state index in [0.29, 0.717) is 5.02 Å². The van der Waals surface area contributed by atoms with E-state index in [-0.39, 0.29) is 22.2 Å². The first kappa shape index (κ1) is 16.7. The van der Waals surface area contributed by atoms with Gasteiger partial charge in [-0.3, -0.25) is 25.8 Å². The Kier molecular flexibility index (Phi) is 5.11. The lowest BCUT2D eigenvalue weighted by atomic mass is 10.2. The number of benzene rings is 1. The van der Waals surface area contributed by atoms with Gasteiger partial charge in [-0.25, -0.2) is 15.8 Å². The summed E-state index contributed by atoms with van der Waals surface area (Å²) in [5.74, 6) is 4.04. The van der Waals surface area contributed by atoms with Gasteiger partial charge in [-0.2, -0.15) is 0 Å². The molecule has 0 fully saturated rings. The van der Waals surface area contributed by atoms with Crippen LogP contribution in [0, 0.1) is 10.1 Å². The highest BCUT2D eigenvalue weighted by atomic mass is 35.5. The molecule has 0 aliphatic rings. The molecule has 2 rings (SSSR count). The third-order valence-corrected chi connectivity index (χ3v) is 3.16.